The van der Waals surface area contributed by atoms with Crippen LogP contribution in [-0.2, 0) is 9.53 Å². The molecule has 0 saturated heterocycles. The van der Waals surface area contributed by atoms with Gasteiger partial charge in [-0.3, -0.25) is 4.79 Å². The highest BCUT2D eigenvalue weighted by Crippen LogP contribution is 2.50. The monoisotopic (exact) mass is 308 g/mol. The number of nitrogens with two attached hydrogens (primary N) is 1. The van der Waals surface area contributed by atoms with Gasteiger partial charge < -0.3 is 15.8 Å². The first-order valence-corrected chi connectivity index (χ1v) is 8.43. The first kappa shape index (κ1) is 16.3. The van der Waals surface area contributed by atoms with Crippen molar-refractivity contribution in [2.75, 3.05) is 18.2 Å². The van der Waals surface area contributed by atoms with Crippen molar-refractivity contribution in [3.63, 3.8) is 0 Å². The number of carbonyl (C=O) groups is 1. The SMILES string of the molecule is CCOC1CC(N)(C(=O)Nc2ccc(SC)cc2)C1(C)C. The molecule has 1 aliphatic rings. The molecule has 21 heavy (non-hydrogen) atoms. The summed E-state index contributed by atoms with van der Waals surface area (Å²) in [5.74, 6) is -0.139. The van der Waals surface area contributed by atoms with Crippen molar-refractivity contribution in [2.45, 2.75) is 43.7 Å². The molecule has 5 heteroatoms. The van der Waals surface area contributed by atoms with Gasteiger partial charge in [0, 0.05) is 29.0 Å². The topological polar surface area (TPSA) is 64.3 Å². The number of thioether (sulfide) groups is 1. The summed E-state index contributed by atoms with van der Waals surface area (Å²) in [6.07, 6.45) is 2.62. The summed E-state index contributed by atoms with van der Waals surface area (Å²) in [4.78, 5) is 13.7. The normalized spacial score (nSPS) is 27.0. The van der Waals surface area contributed by atoms with Crippen molar-refractivity contribution in [2.24, 2.45) is 11.1 Å². The number of hydrogen-bond acceptors (Lipinski definition) is 4. The molecule has 0 radical (unpaired) electrons. The Hall–Kier alpha value is -1.04. The lowest BCUT2D eigenvalue weighted by Gasteiger charge is -2.57. The molecule has 0 heterocycles. The van der Waals surface area contributed by atoms with E-state index in [4.69, 9.17) is 10.5 Å². The third kappa shape index (κ3) is 2.82. The first-order valence-electron chi connectivity index (χ1n) is 7.21. The van der Waals surface area contributed by atoms with Gasteiger partial charge >= 0.3 is 0 Å². The van der Waals surface area contributed by atoms with Gasteiger partial charge in [-0.05, 0) is 37.4 Å². The van der Waals surface area contributed by atoms with Gasteiger partial charge in [0.15, 0.2) is 0 Å². The molecule has 1 aromatic rings. The molecule has 1 amide bonds. The fourth-order valence-corrected chi connectivity index (χ4v) is 3.15. The molecule has 2 atom stereocenters. The second-order valence-electron chi connectivity index (χ2n) is 6.02. The number of carbonyl (C=O) groups excluding carboxylic acids is 1. The fraction of sp³-hybridized carbons (Fsp3) is 0.562. The quantitative estimate of drug-likeness (QED) is 0.821. The predicted molar refractivity (Wildman–Crippen MR) is 87.6 cm³/mol. The van der Waals surface area contributed by atoms with Gasteiger partial charge in [-0.25, -0.2) is 0 Å². The Bertz CT molecular complexity index is 516. The molecule has 3 N–H and O–H groups in total. The van der Waals surface area contributed by atoms with Crippen LogP contribution in [0, 0.1) is 5.41 Å². The van der Waals surface area contributed by atoms with Gasteiger partial charge in [-0.15, -0.1) is 11.8 Å². The lowest BCUT2D eigenvalue weighted by Crippen LogP contribution is -2.74. The van der Waals surface area contributed by atoms with E-state index in [1.807, 2.05) is 51.3 Å². The molecule has 1 saturated carbocycles. The van der Waals surface area contributed by atoms with Crippen molar-refractivity contribution in [1.82, 2.24) is 0 Å². The van der Waals surface area contributed by atoms with Crippen LogP contribution in [0.4, 0.5) is 5.69 Å². The molecule has 0 bridgehead atoms. The van der Waals surface area contributed by atoms with E-state index < -0.39 is 5.54 Å². The number of ether oxygens (including phenoxy) is 1. The summed E-state index contributed by atoms with van der Waals surface area (Å²) in [7, 11) is 0. The highest BCUT2D eigenvalue weighted by Gasteiger charge is 2.62. The maximum absolute atomic E-state index is 12.5. The van der Waals surface area contributed by atoms with E-state index in [2.05, 4.69) is 5.32 Å². The first-order chi connectivity index (χ1) is 9.85. The van der Waals surface area contributed by atoms with Crippen molar-refractivity contribution < 1.29 is 9.53 Å². The molecule has 1 aromatic carbocycles. The molecular formula is C16H24N2O2S. The Balaban J connectivity index is 2.06. The predicted octanol–water partition coefficient (Wildman–Crippen LogP) is 2.88. The lowest BCUT2D eigenvalue weighted by molar-refractivity contribution is -0.166. The number of benzene rings is 1. The Morgan fingerprint density at radius 1 is 1.43 bits per heavy atom. The smallest absolute Gasteiger partial charge is 0.245 e. The molecule has 0 aromatic heterocycles. The van der Waals surface area contributed by atoms with E-state index in [0.717, 1.165) is 10.6 Å². The summed E-state index contributed by atoms with van der Waals surface area (Å²) in [5.41, 5.74) is 5.88. The van der Waals surface area contributed by atoms with Gasteiger partial charge in [-0.1, -0.05) is 13.8 Å². The number of rotatable bonds is 5. The van der Waals surface area contributed by atoms with Crippen molar-refractivity contribution in [1.29, 1.82) is 0 Å². The van der Waals surface area contributed by atoms with E-state index in [1.54, 1.807) is 11.8 Å². The summed E-state index contributed by atoms with van der Waals surface area (Å²) in [6.45, 7) is 6.59. The Kier molecular flexibility index (Phi) is 4.66. The van der Waals surface area contributed by atoms with Crippen LogP contribution in [0.25, 0.3) is 0 Å². The van der Waals surface area contributed by atoms with E-state index in [0.29, 0.717) is 13.0 Å². The minimum absolute atomic E-state index is 0.0390. The molecule has 1 aliphatic carbocycles. The van der Waals surface area contributed by atoms with Gasteiger partial charge in [0.2, 0.25) is 5.91 Å². The van der Waals surface area contributed by atoms with E-state index in [9.17, 15) is 4.79 Å². The number of anilines is 1. The van der Waals surface area contributed by atoms with Crippen LogP contribution in [0.3, 0.4) is 0 Å². The second kappa shape index (κ2) is 5.99. The molecule has 4 nitrogen and oxygen atoms in total. The zero-order chi connectivity index (χ0) is 15.7. The van der Waals surface area contributed by atoms with Gasteiger partial charge in [0.1, 0.15) is 5.54 Å². The minimum atomic E-state index is -0.884. The molecule has 1 fully saturated rings. The Morgan fingerprint density at radius 3 is 2.52 bits per heavy atom. The Morgan fingerprint density at radius 2 is 2.05 bits per heavy atom. The van der Waals surface area contributed by atoms with Crippen LogP contribution in [0.5, 0.6) is 0 Å². The third-order valence-corrected chi connectivity index (χ3v) is 5.33. The van der Waals surface area contributed by atoms with E-state index in [1.165, 1.54) is 0 Å². The van der Waals surface area contributed by atoms with Crippen molar-refractivity contribution in [3.05, 3.63) is 24.3 Å². The molecule has 116 valence electrons. The Labute approximate surface area is 130 Å². The second-order valence-corrected chi connectivity index (χ2v) is 6.90. The summed E-state index contributed by atoms with van der Waals surface area (Å²) in [6, 6.07) is 7.77. The number of nitrogens with one attached hydrogen (secondary N) is 1. The summed E-state index contributed by atoms with van der Waals surface area (Å²) in [5, 5.41) is 2.93. The maximum atomic E-state index is 12.5. The van der Waals surface area contributed by atoms with Gasteiger partial charge in [-0.2, -0.15) is 0 Å². The maximum Gasteiger partial charge on any atom is 0.245 e. The average Bonchev–Trinajstić information content (AvgIpc) is 2.47. The van der Waals surface area contributed by atoms with Crippen LogP contribution >= 0.6 is 11.8 Å². The van der Waals surface area contributed by atoms with Gasteiger partial charge in [0.25, 0.3) is 0 Å². The zero-order valence-electron chi connectivity index (χ0n) is 13.1. The van der Waals surface area contributed by atoms with Crippen LogP contribution < -0.4 is 11.1 Å². The summed E-state index contributed by atoms with van der Waals surface area (Å²) < 4.78 is 5.66. The van der Waals surface area contributed by atoms with Crippen LogP contribution in [-0.4, -0.2) is 30.4 Å². The third-order valence-electron chi connectivity index (χ3n) is 4.58. The molecule has 0 spiro atoms. The van der Waals surface area contributed by atoms with Crippen LogP contribution in [0.1, 0.15) is 27.2 Å². The standard InChI is InChI=1S/C16H24N2O2S/c1-5-20-13-10-16(17,15(13,2)3)14(19)18-11-6-8-12(21-4)9-7-11/h6-9,13H,5,10,17H2,1-4H3,(H,18,19). The number of hydrogen-bond donors (Lipinski definition) is 2. The zero-order valence-corrected chi connectivity index (χ0v) is 13.9. The number of amides is 1. The van der Waals surface area contributed by atoms with E-state index in [-0.39, 0.29) is 17.4 Å². The highest BCUT2D eigenvalue weighted by atomic mass is 32.2. The minimum Gasteiger partial charge on any atom is -0.378 e. The largest absolute Gasteiger partial charge is 0.378 e. The van der Waals surface area contributed by atoms with Crippen molar-refractivity contribution >= 4 is 23.4 Å². The van der Waals surface area contributed by atoms with Gasteiger partial charge in [0.05, 0.1) is 6.10 Å². The molecular weight excluding hydrogens is 284 g/mol. The average molecular weight is 308 g/mol. The lowest BCUT2D eigenvalue weighted by atomic mass is 9.54. The van der Waals surface area contributed by atoms with Crippen molar-refractivity contribution in [3.8, 4) is 0 Å². The van der Waals surface area contributed by atoms with Crippen LogP contribution in [0.15, 0.2) is 29.2 Å². The van der Waals surface area contributed by atoms with E-state index >= 15 is 0 Å². The molecule has 0 aliphatic heterocycles. The molecule has 2 unspecified atom stereocenters. The highest BCUT2D eigenvalue weighted by molar-refractivity contribution is 7.98. The summed E-state index contributed by atoms with van der Waals surface area (Å²) >= 11 is 1.67. The van der Waals surface area contributed by atoms with Crippen LogP contribution in [0.2, 0.25) is 0 Å². The molecule has 2 rings (SSSR count). The fourth-order valence-electron chi connectivity index (χ4n) is 2.74.